The van der Waals surface area contributed by atoms with Crippen LogP contribution in [0.2, 0.25) is 0 Å². The average molecular weight is 428 g/mol. The molecule has 6 nitrogen and oxygen atoms in total. The Morgan fingerprint density at radius 1 is 1.32 bits per heavy atom. The van der Waals surface area contributed by atoms with Gasteiger partial charge in [0, 0.05) is 25.1 Å². The molecule has 1 saturated heterocycles. The highest BCUT2D eigenvalue weighted by Gasteiger charge is 2.44. The monoisotopic (exact) mass is 427 g/mol. The third-order valence-electron chi connectivity index (χ3n) is 6.94. The highest BCUT2D eigenvalue weighted by atomic mass is 16.5. The minimum Gasteiger partial charge on any atom is -0.480 e. The standard InChI is InChI=1S/C25H33NO5/c1-4-7-18-14-22(27)31-21-13-16(2)12-20(23(18)21)30-17(3)24(28)26-11-10-25(29)9-6-5-8-19(25)15-26/h12-14,17,19,29H,4-11,15H2,1-3H3/t17-,19-,25+/m1/s1. The van der Waals surface area contributed by atoms with Gasteiger partial charge in [-0.2, -0.15) is 0 Å². The fraction of sp³-hybridized carbons (Fsp3) is 0.600. The molecule has 2 fully saturated rings. The zero-order valence-corrected chi connectivity index (χ0v) is 18.8. The van der Waals surface area contributed by atoms with Gasteiger partial charge in [-0.15, -0.1) is 0 Å². The predicted molar refractivity (Wildman–Crippen MR) is 119 cm³/mol. The van der Waals surface area contributed by atoms with E-state index in [0.717, 1.165) is 55.0 Å². The molecule has 0 unspecified atom stereocenters. The van der Waals surface area contributed by atoms with Crippen molar-refractivity contribution in [3.05, 3.63) is 39.7 Å². The second-order valence-electron chi connectivity index (χ2n) is 9.32. The maximum atomic E-state index is 13.2. The third-order valence-corrected chi connectivity index (χ3v) is 6.94. The molecule has 1 N–H and O–H groups in total. The maximum absolute atomic E-state index is 13.2. The Labute approximate surface area is 183 Å². The summed E-state index contributed by atoms with van der Waals surface area (Å²) in [5, 5.41) is 11.7. The quantitative estimate of drug-likeness (QED) is 0.730. The molecule has 168 valence electrons. The van der Waals surface area contributed by atoms with Gasteiger partial charge in [0.05, 0.1) is 11.0 Å². The molecule has 31 heavy (non-hydrogen) atoms. The van der Waals surface area contributed by atoms with Crippen molar-refractivity contribution in [3.8, 4) is 5.75 Å². The van der Waals surface area contributed by atoms with E-state index in [2.05, 4.69) is 6.92 Å². The number of likely N-dealkylation sites (tertiary alicyclic amines) is 1. The molecule has 1 aromatic heterocycles. The van der Waals surface area contributed by atoms with E-state index in [9.17, 15) is 14.7 Å². The van der Waals surface area contributed by atoms with Crippen molar-refractivity contribution in [1.29, 1.82) is 0 Å². The molecule has 2 heterocycles. The van der Waals surface area contributed by atoms with Crippen LogP contribution in [0, 0.1) is 12.8 Å². The van der Waals surface area contributed by atoms with E-state index in [1.807, 2.05) is 24.0 Å². The Hall–Kier alpha value is -2.34. The fourth-order valence-electron chi connectivity index (χ4n) is 5.30. The lowest BCUT2D eigenvalue weighted by molar-refractivity contribution is -0.149. The first-order valence-corrected chi connectivity index (χ1v) is 11.6. The Balaban J connectivity index is 1.57. The average Bonchev–Trinajstić information content (AvgIpc) is 2.72. The van der Waals surface area contributed by atoms with Crippen molar-refractivity contribution in [2.24, 2.45) is 5.92 Å². The number of rotatable bonds is 5. The van der Waals surface area contributed by atoms with E-state index in [-0.39, 0.29) is 17.5 Å². The molecule has 2 aliphatic rings. The van der Waals surface area contributed by atoms with Crippen LogP contribution in [-0.4, -0.2) is 40.7 Å². The van der Waals surface area contributed by atoms with Gasteiger partial charge < -0.3 is 19.2 Å². The summed E-state index contributed by atoms with van der Waals surface area (Å²) in [4.78, 5) is 27.1. The Morgan fingerprint density at radius 2 is 2.13 bits per heavy atom. The summed E-state index contributed by atoms with van der Waals surface area (Å²) in [6.45, 7) is 6.90. The van der Waals surface area contributed by atoms with Crippen LogP contribution in [0.3, 0.4) is 0 Å². The number of hydrogen-bond donors (Lipinski definition) is 1. The van der Waals surface area contributed by atoms with Crippen LogP contribution in [0.4, 0.5) is 0 Å². The van der Waals surface area contributed by atoms with Gasteiger partial charge in [-0.05, 0) is 62.8 Å². The lowest BCUT2D eigenvalue weighted by atomic mass is 9.71. The first kappa shape index (κ1) is 21.9. The molecule has 3 atom stereocenters. The predicted octanol–water partition coefficient (Wildman–Crippen LogP) is 3.97. The molecule has 1 aliphatic carbocycles. The van der Waals surface area contributed by atoms with Crippen molar-refractivity contribution >= 4 is 16.9 Å². The van der Waals surface area contributed by atoms with Crippen LogP contribution < -0.4 is 10.4 Å². The summed E-state index contributed by atoms with van der Waals surface area (Å²) in [6, 6.07) is 5.26. The molecule has 0 spiro atoms. The van der Waals surface area contributed by atoms with E-state index >= 15 is 0 Å². The number of piperidine rings is 1. The zero-order chi connectivity index (χ0) is 22.2. The van der Waals surface area contributed by atoms with Gasteiger partial charge >= 0.3 is 5.63 Å². The van der Waals surface area contributed by atoms with Gasteiger partial charge in [-0.25, -0.2) is 4.79 Å². The van der Waals surface area contributed by atoms with E-state index in [1.54, 1.807) is 6.92 Å². The third kappa shape index (κ3) is 4.36. The number of fused-ring (bicyclic) bond motifs is 2. The summed E-state index contributed by atoms with van der Waals surface area (Å²) in [5.41, 5.74) is 1.30. The Kier molecular flexibility index (Phi) is 6.11. The van der Waals surface area contributed by atoms with Crippen LogP contribution in [0.1, 0.15) is 63.5 Å². The summed E-state index contributed by atoms with van der Waals surface area (Å²) in [7, 11) is 0. The topological polar surface area (TPSA) is 80.0 Å². The normalized spacial score (nSPS) is 24.6. The molecule has 6 heteroatoms. The summed E-state index contributed by atoms with van der Waals surface area (Å²) in [6.07, 6.45) is 5.58. The van der Waals surface area contributed by atoms with Crippen molar-refractivity contribution < 1.29 is 19.1 Å². The molecule has 0 radical (unpaired) electrons. The largest absolute Gasteiger partial charge is 0.480 e. The van der Waals surface area contributed by atoms with Crippen molar-refractivity contribution in [2.45, 2.75) is 77.4 Å². The Morgan fingerprint density at radius 3 is 2.90 bits per heavy atom. The summed E-state index contributed by atoms with van der Waals surface area (Å²) >= 11 is 0. The molecule has 0 bridgehead atoms. The number of carbonyl (C=O) groups is 1. The number of carbonyl (C=O) groups excluding carboxylic acids is 1. The van der Waals surface area contributed by atoms with E-state index in [1.165, 1.54) is 6.07 Å². The fourth-order valence-corrected chi connectivity index (χ4v) is 5.30. The smallest absolute Gasteiger partial charge is 0.336 e. The van der Waals surface area contributed by atoms with Crippen molar-refractivity contribution in [2.75, 3.05) is 13.1 Å². The van der Waals surface area contributed by atoms with E-state index < -0.39 is 11.7 Å². The molecule has 4 rings (SSSR count). The van der Waals surface area contributed by atoms with Gasteiger partial charge in [-0.3, -0.25) is 4.79 Å². The molecular weight excluding hydrogens is 394 g/mol. The first-order valence-electron chi connectivity index (χ1n) is 11.6. The number of amides is 1. The lowest BCUT2D eigenvalue weighted by Crippen LogP contribution is -2.56. The van der Waals surface area contributed by atoms with E-state index in [0.29, 0.717) is 30.8 Å². The molecule has 1 amide bonds. The minimum atomic E-state index is -0.666. The molecule has 1 aromatic carbocycles. The van der Waals surface area contributed by atoms with Crippen LogP contribution in [0.15, 0.2) is 27.4 Å². The maximum Gasteiger partial charge on any atom is 0.336 e. The molecule has 1 saturated carbocycles. The second kappa shape index (κ2) is 8.65. The molecular formula is C25H33NO5. The van der Waals surface area contributed by atoms with Crippen molar-refractivity contribution in [3.63, 3.8) is 0 Å². The van der Waals surface area contributed by atoms with Crippen LogP contribution >= 0.6 is 0 Å². The Bertz CT molecular complexity index is 1030. The molecule has 2 aromatic rings. The van der Waals surface area contributed by atoms with Crippen LogP contribution in [0.25, 0.3) is 11.0 Å². The van der Waals surface area contributed by atoms with Gasteiger partial charge in [0.15, 0.2) is 6.10 Å². The van der Waals surface area contributed by atoms with Gasteiger partial charge in [0.1, 0.15) is 11.3 Å². The number of aryl methyl sites for hydroxylation is 2. The van der Waals surface area contributed by atoms with Gasteiger partial charge in [0.25, 0.3) is 5.91 Å². The highest BCUT2D eigenvalue weighted by Crippen LogP contribution is 2.40. The number of ether oxygens (including phenoxy) is 1. The second-order valence-corrected chi connectivity index (χ2v) is 9.32. The van der Waals surface area contributed by atoms with E-state index in [4.69, 9.17) is 9.15 Å². The lowest BCUT2D eigenvalue weighted by Gasteiger charge is -2.47. The summed E-state index contributed by atoms with van der Waals surface area (Å²) in [5.74, 6) is 0.669. The number of hydrogen-bond acceptors (Lipinski definition) is 5. The van der Waals surface area contributed by atoms with Gasteiger partial charge in [-0.1, -0.05) is 26.2 Å². The van der Waals surface area contributed by atoms with Crippen LogP contribution in [0.5, 0.6) is 5.75 Å². The number of nitrogens with zero attached hydrogens (tertiary/aromatic N) is 1. The van der Waals surface area contributed by atoms with Gasteiger partial charge in [0.2, 0.25) is 0 Å². The minimum absolute atomic E-state index is 0.0586. The number of aliphatic hydroxyl groups is 1. The number of benzene rings is 1. The molecule has 1 aliphatic heterocycles. The highest BCUT2D eigenvalue weighted by molar-refractivity contribution is 5.88. The first-order chi connectivity index (χ1) is 14.8. The van der Waals surface area contributed by atoms with Crippen molar-refractivity contribution in [1.82, 2.24) is 4.90 Å². The summed E-state index contributed by atoms with van der Waals surface area (Å²) < 4.78 is 11.6. The zero-order valence-electron chi connectivity index (χ0n) is 18.8. The van der Waals surface area contributed by atoms with Crippen LogP contribution in [-0.2, 0) is 11.2 Å². The SMILES string of the molecule is CCCc1cc(=O)oc2cc(C)cc(O[C@H](C)C(=O)N3CC[C@@]4(O)CCCC[C@@H]4C3)c12.